The lowest BCUT2D eigenvalue weighted by Gasteiger charge is -2.15. The normalized spacial score (nSPS) is 12.3. The highest BCUT2D eigenvalue weighted by Crippen LogP contribution is 2.10. The van der Waals surface area contributed by atoms with Gasteiger partial charge in [0.05, 0.1) is 12.6 Å². The fraction of sp³-hybridized carbons (Fsp3) is 0.941. The molecule has 0 saturated carbocycles. The van der Waals surface area contributed by atoms with E-state index in [9.17, 15) is 9.90 Å². The molecule has 0 saturated heterocycles. The van der Waals surface area contributed by atoms with Crippen molar-refractivity contribution in [3.05, 3.63) is 0 Å². The van der Waals surface area contributed by atoms with Crippen molar-refractivity contribution in [2.24, 2.45) is 0 Å². The lowest BCUT2D eigenvalue weighted by molar-refractivity contribution is -0.122. The number of rotatable bonds is 15. The Hall–Kier alpha value is -0.220. The highest BCUT2D eigenvalue weighted by atomic mass is 32.2. The van der Waals surface area contributed by atoms with Crippen LogP contribution < -0.4 is 5.32 Å². The fourth-order valence-corrected chi connectivity index (χ4v) is 2.89. The summed E-state index contributed by atoms with van der Waals surface area (Å²) >= 11 is 1.74. The predicted octanol–water partition coefficient (Wildman–Crippen LogP) is 4.14. The second-order valence-corrected chi connectivity index (χ2v) is 6.79. The van der Waals surface area contributed by atoms with Crippen LogP contribution in [0.4, 0.5) is 0 Å². The third-order valence-corrected chi connectivity index (χ3v) is 4.41. The molecule has 0 radical (unpaired) electrons. The molecule has 0 aromatic rings. The molecule has 4 heteroatoms. The molecule has 0 bridgehead atoms. The van der Waals surface area contributed by atoms with Crippen LogP contribution in [-0.4, -0.2) is 35.7 Å². The van der Waals surface area contributed by atoms with Gasteiger partial charge >= 0.3 is 0 Å². The molecule has 0 rings (SSSR count). The van der Waals surface area contributed by atoms with Gasteiger partial charge in [-0.25, -0.2) is 0 Å². The van der Waals surface area contributed by atoms with E-state index >= 15 is 0 Å². The van der Waals surface area contributed by atoms with Crippen LogP contribution >= 0.6 is 11.8 Å². The Morgan fingerprint density at radius 1 is 1.05 bits per heavy atom. The van der Waals surface area contributed by atoms with E-state index in [1.807, 2.05) is 6.26 Å². The lowest BCUT2D eigenvalue weighted by atomic mass is 10.1. The van der Waals surface area contributed by atoms with Crippen molar-refractivity contribution in [2.75, 3.05) is 18.6 Å². The monoisotopic (exact) mass is 317 g/mol. The summed E-state index contributed by atoms with van der Waals surface area (Å²) < 4.78 is 0. The van der Waals surface area contributed by atoms with Gasteiger partial charge in [-0.3, -0.25) is 4.79 Å². The number of aliphatic hydroxyl groups excluding tert-OH is 1. The number of aliphatic hydroxyl groups is 1. The highest BCUT2D eigenvalue weighted by Gasteiger charge is 2.10. The molecule has 0 aliphatic carbocycles. The molecule has 21 heavy (non-hydrogen) atoms. The number of carbonyl (C=O) groups is 1. The second kappa shape index (κ2) is 16.2. The Kier molecular flexibility index (Phi) is 16.0. The van der Waals surface area contributed by atoms with Gasteiger partial charge in [-0.2, -0.15) is 11.8 Å². The van der Waals surface area contributed by atoms with Gasteiger partial charge in [-0.15, -0.1) is 0 Å². The Morgan fingerprint density at radius 3 is 2.14 bits per heavy atom. The van der Waals surface area contributed by atoms with Crippen LogP contribution in [0.2, 0.25) is 0 Å². The third kappa shape index (κ3) is 14.5. The summed E-state index contributed by atoms with van der Waals surface area (Å²) in [6, 6.07) is -0.0662. The van der Waals surface area contributed by atoms with Crippen LogP contribution in [0.5, 0.6) is 0 Å². The minimum atomic E-state index is -0.0662. The molecule has 126 valence electrons. The Balaban J connectivity index is 3.40. The maximum Gasteiger partial charge on any atom is 0.220 e. The second-order valence-electron chi connectivity index (χ2n) is 5.81. The summed E-state index contributed by atoms with van der Waals surface area (Å²) in [7, 11) is 0. The van der Waals surface area contributed by atoms with Crippen molar-refractivity contribution in [1.29, 1.82) is 0 Å². The van der Waals surface area contributed by atoms with E-state index in [2.05, 4.69) is 12.2 Å². The van der Waals surface area contributed by atoms with Crippen molar-refractivity contribution < 1.29 is 9.90 Å². The van der Waals surface area contributed by atoms with E-state index in [4.69, 9.17) is 0 Å². The molecule has 0 aliphatic rings. The largest absolute Gasteiger partial charge is 0.394 e. The zero-order valence-electron chi connectivity index (χ0n) is 14.0. The molecule has 1 unspecified atom stereocenters. The standard InChI is InChI=1S/C17H35NO2S/c1-3-4-5-6-7-8-9-10-11-12-17(20)18-16(15-19)13-14-21-2/h16,19H,3-15H2,1-2H3,(H,18,20). The number of hydrogen-bond donors (Lipinski definition) is 2. The molecule has 1 atom stereocenters. The molecule has 1 amide bonds. The Bertz CT molecular complexity index is 237. The number of hydrogen-bond acceptors (Lipinski definition) is 3. The van der Waals surface area contributed by atoms with Gasteiger partial charge in [0.25, 0.3) is 0 Å². The van der Waals surface area contributed by atoms with Crippen molar-refractivity contribution in [1.82, 2.24) is 5.32 Å². The zero-order chi connectivity index (χ0) is 15.8. The summed E-state index contributed by atoms with van der Waals surface area (Å²) in [4.78, 5) is 11.8. The van der Waals surface area contributed by atoms with E-state index in [0.717, 1.165) is 25.0 Å². The van der Waals surface area contributed by atoms with Gasteiger partial charge in [0, 0.05) is 6.42 Å². The highest BCUT2D eigenvalue weighted by molar-refractivity contribution is 7.98. The summed E-state index contributed by atoms with van der Waals surface area (Å²) in [6.07, 6.45) is 14.9. The average molecular weight is 318 g/mol. The first-order chi connectivity index (χ1) is 10.2. The molecule has 0 aromatic carbocycles. The SMILES string of the molecule is CCCCCCCCCCCC(=O)NC(CO)CCSC. The third-order valence-electron chi connectivity index (χ3n) is 3.76. The number of amides is 1. The summed E-state index contributed by atoms with van der Waals surface area (Å²) in [5.41, 5.74) is 0. The predicted molar refractivity (Wildman–Crippen MR) is 93.9 cm³/mol. The Morgan fingerprint density at radius 2 is 1.62 bits per heavy atom. The van der Waals surface area contributed by atoms with Gasteiger partial charge in [0.2, 0.25) is 5.91 Å². The van der Waals surface area contributed by atoms with Crippen molar-refractivity contribution in [3.8, 4) is 0 Å². The number of carbonyl (C=O) groups excluding carboxylic acids is 1. The topological polar surface area (TPSA) is 49.3 Å². The summed E-state index contributed by atoms with van der Waals surface area (Å²) in [5, 5.41) is 12.1. The summed E-state index contributed by atoms with van der Waals surface area (Å²) in [5.74, 6) is 1.07. The maximum atomic E-state index is 11.8. The van der Waals surface area contributed by atoms with Crippen LogP contribution in [0.3, 0.4) is 0 Å². The van der Waals surface area contributed by atoms with Crippen LogP contribution in [0.15, 0.2) is 0 Å². The van der Waals surface area contributed by atoms with Gasteiger partial charge in [-0.05, 0) is 24.9 Å². The molecule has 0 spiro atoms. The zero-order valence-corrected chi connectivity index (χ0v) is 14.8. The van der Waals surface area contributed by atoms with Gasteiger partial charge in [-0.1, -0.05) is 58.3 Å². The average Bonchev–Trinajstić information content (AvgIpc) is 2.49. The Labute approximate surface area is 135 Å². The first-order valence-corrected chi connectivity index (χ1v) is 10.0. The van der Waals surface area contributed by atoms with Gasteiger partial charge < -0.3 is 10.4 Å². The molecule has 3 nitrogen and oxygen atoms in total. The number of unbranched alkanes of at least 4 members (excludes halogenated alkanes) is 8. The van der Waals surface area contributed by atoms with Crippen molar-refractivity contribution in [2.45, 2.75) is 83.6 Å². The number of thioether (sulfide) groups is 1. The first-order valence-electron chi connectivity index (χ1n) is 8.63. The minimum Gasteiger partial charge on any atom is -0.394 e. The van der Waals surface area contributed by atoms with E-state index in [1.165, 1.54) is 44.9 Å². The molecule has 0 heterocycles. The van der Waals surface area contributed by atoms with E-state index in [1.54, 1.807) is 11.8 Å². The molecule has 2 N–H and O–H groups in total. The number of nitrogens with one attached hydrogen (secondary N) is 1. The molecular weight excluding hydrogens is 282 g/mol. The maximum absolute atomic E-state index is 11.8. The van der Waals surface area contributed by atoms with E-state index in [0.29, 0.717) is 6.42 Å². The lowest BCUT2D eigenvalue weighted by Crippen LogP contribution is -2.37. The summed E-state index contributed by atoms with van der Waals surface area (Å²) in [6.45, 7) is 2.29. The fourth-order valence-electron chi connectivity index (χ4n) is 2.37. The van der Waals surface area contributed by atoms with E-state index in [-0.39, 0.29) is 18.6 Å². The van der Waals surface area contributed by atoms with Crippen LogP contribution in [0, 0.1) is 0 Å². The van der Waals surface area contributed by atoms with Crippen molar-refractivity contribution in [3.63, 3.8) is 0 Å². The van der Waals surface area contributed by atoms with Crippen LogP contribution in [-0.2, 0) is 4.79 Å². The van der Waals surface area contributed by atoms with Gasteiger partial charge in [0.15, 0.2) is 0 Å². The minimum absolute atomic E-state index is 0.0457. The molecule has 0 aromatic heterocycles. The quantitative estimate of drug-likeness (QED) is 0.446. The molecule has 0 aliphatic heterocycles. The first kappa shape index (κ1) is 20.8. The van der Waals surface area contributed by atoms with Crippen LogP contribution in [0.1, 0.15) is 77.6 Å². The van der Waals surface area contributed by atoms with Crippen molar-refractivity contribution >= 4 is 17.7 Å². The smallest absolute Gasteiger partial charge is 0.220 e. The molecule has 0 fully saturated rings. The van der Waals surface area contributed by atoms with Gasteiger partial charge in [0.1, 0.15) is 0 Å². The molecular formula is C17H35NO2S. The van der Waals surface area contributed by atoms with E-state index < -0.39 is 0 Å². The van der Waals surface area contributed by atoms with Crippen LogP contribution in [0.25, 0.3) is 0 Å².